The van der Waals surface area contributed by atoms with Gasteiger partial charge in [0.2, 0.25) is 0 Å². The summed E-state index contributed by atoms with van der Waals surface area (Å²) in [7, 11) is 0. The van der Waals surface area contributed by atoms with Gasteiger partial charge in [0.15, 0.2) is 0 Å². The first-order valence-corrected chi connectivity index (χ1v) is 8.41. The summed E-state index contributed by atoms with van der Waals surface area (Å²) in [6.07, 6.45) is 0. The van der Waals surface area contributed by atoms with E-state index >= 15 is 0 Å². The second-order valence-electron chi connectivity index (χ2n) is 6.89. The van der Waals surface area contributed by atoms with Gasteiger partial charge in [0.1, 0.15) is 0 Å². The van der Waals surface area contributed by atoms with Crippen molar-refractivity contribution in [1.29, 1.82) is 0 Å². The molecule has 0 unspecified atom stereocenters. The van der Waals surface area contributed by atoms with Crippen LogP contribution in [0, 0.1) is 34.1 Å². The Morgan fingerprint density at radius 1 is 0.769 bits per heavy atom. The van der Waals surface area contributed by atoms with Gasteiger partial charge in [-0.05, 0) is 37.1 Å². The third kappa shape index (κ3) is 2.45. The Labute approximate surface area is 149 Å². The Morgan fingerprint density at radius 3 is 1.50 bits per heavy atom. The van der Waals surface area contributed by atoms with Crippen LogP contribution >= 0.6 is 0 Å². The molecule has 4 rings (SSSR count). The first-order valence-electron chi connectivity index (χ1n) is 8.41. The number of rotatable bonds is 2. The molecular formula is C18H18N4O4. The molecule has 2 aromatic rings. The maximum Gasteiger partial charge on any atom is 0.274 e. The van der Waals surface area contributed by atoms with Crippen LogP contribution in [-0.2, 0) is 13.1 Å². The molecule has 2 heterocycles. The molecule has 0 aliphatic carbocycles. The standard InChI is InChI=1S/C18H18N4O4/c1-11-5-13-9-19-3-4-20(17(13)7-15(11)21(23)24)10-14-6-12(2)16(22(25)26)8-18(14)19/h5-8H,3-4,9-10H2,1-2H3. The van der Waals surface area contributed by atoms with Crippen molar-refractivity contribution in [1.82, 2.24) is 0 Å². The minimum absolute atomic E-state index is 0.128. The normalized spacial score (nSPS) is 15.2. The first-order chi connectivity index (χ1) is 12.3. The van der Waals surface area contributed by atoms with E-state index in [0.717, 1.165) is 35.6 Å². The van der Waals surface area contributed by atoms with E-state index in [2.05, 4.69) is 9.80 Å². The van der Waals surface area contributed by atoms with E-state index in [9.17, 15) is 20.2 Å². The van der Waals surface area contributed by atoms with Crippen LogP contribution in [-0.4, -0.2) is 22.9 Å². The Kier molecular flexibility index (Phi) is 3.57. The summed E-state index contributed by atoms with van der Waals surface area (Å²) in [5, 5.41) is 22.6. The lowest BCUT2D eigenvalue weighted by molar-refractivity contribution is -0.385. The Bertz CT molecular complexity index is 879. The van der Waals surface area contributed by atoms with Crippen LogP contribution in [0.5, 0.6) is 0 Å². The van der Waals surface area contributed by atoms with Crippen LogP contribution in [0.3, 0.4) is 0 Å². The van der Waals surface area contributed by atoms with Crippen molar-refractivity contribution >= 4 is 22.7 Å². The number of nitro groups is 2. The quantitative estimate of drug-likeness (QED) is 0.606. The molecule has 0 radical (unpaired) electrons. The average molecular weight is 354 g/mol. The highest BCUT2D eigenvalue weighted by atomic mass is 16.6. The summed E-state index contributed by atoms with van der Waals surface area (Å²) in [6, 6.07) is 7.06. The van der Waals surface area contributed by atoms with Crippen LogP contribution in [0.25, 0.3) is 0 Å². The maximum atomic E-state index is 11.3. The number of nitrogens with zero attached hydrogens (tertiary/aromatic N) is 4. The third-order valence-corrected chi connectivity index (χ3v) is 5.23. The molecule has 2 aromatic carbocycles. The van der Waals surface area contributed by atoms with E-state index in [4.69, 9.17) is 0 Å². The van der Waals surface area contributed by atoms with Crippen molar-refractivity contribution in [3.63, 3.8) is 0 Å². The van der Waals surface area contributed by atoms with E-state index in [0.29, 0.717) is 24.2 Å². The van der Waals surface area contributed by atoms with E-state index in [1.165, 1.54) is 0 Å². The Balaban J connectivity index is 1.86. The van der Waals surface area contributed by atoms with Crippen molar-refractivity contribution in [3.8, 4) is 0 Å². The summed E-state index contributed by atoms with van der Waals surface area (Å²) in [5.41, 5.74) is 5.31. The summed E-state index contributed by atoms with van der Waals surface area (Å²) in [6.45, 7) is 6.08. The van der Waals surface area contributed by atoms with Crippen molar-refractivity contribution in [3.05, 3.63) is 66.7 Å². The number of hydrogen-bond donors (Lipinski definition) is 0. The van der Waals surface area contributed by atoms with Gasteiger partial charge in [0, 0.05) is 60.8 Å². The molecule has 0 N–H and O–H groups in total. The van der Waals surface area contributed by atoms with E-state index < -0.39 is 0 Å². The molecule has 0 aromatic heterocycles. The van der Waals surface area contributed by atoms with Crippen molar-refractivity contribution in [2.75, 3.05) is 22.9 Å². The Morgan fingerprint density at radius 2 is 1.15 bits per heavy atom. The molecule has 134 valence electrons. The molecule has 0 saturated heterocycles. The monoisotopic (exact) mass is 354 g/mol. The van der Waals surface area contributed by atoms with Crippen molar-refractivity contribution < 1.29 is 9.85 Å². The number of benzene rings is 2. The largest absolute Gasteiger partial charge is 0.365 e. The smallest absolute Gasteiger partial charge is 0.274 e. The summed E-state index contributed by atoms with van der Waals surface area (Å²) < 4.78 is 0. The topological polar surface area (TPSA) is 92.8 Å². The molecule has 26 heavy (non-hydrogen) atoms. The predicted molar refractivity (Wildman–Crippen MR) is 97.8 cm³/mol. The fourth-order valence-corrected chi connectivity index (χ4v) is 3.95. The molecule has 0 amide bonds. The van der Waals surface area contributed by atoms with Crippen LogP contribution in [0.15, 0.2) is 24.3 Å². The summed E-state index contributed by atoms with van der Waals surface area (Å²) in [4.78, 5) is 26.2. The average Bonchev–Trinajstić information content (AvgIpc) is 2.83. The molecule has 0 fully saturated rings. The zero-order valence-corrected chi connectivity index (χ0v) is 14.6. The van der Waals surface area contributed by atoms with Crippen LogP contribution in [0.2, 0.25) is 0 Å². The Hall–Kier alpha value is -3.16. The molecule has 0 spiro atoms. The van der Waals surface area contributed by atoms with E-state index in [1.807, 2.05) is 12.1 Å². The fourth-order valence-electron chi connectivity index (χ4n) is 3.95. The lowest BCUT2D eigenvalue weighted by Gasteiger charge is -2.28. The van der Waals surface area contributed by atoms with Gasteiger partial charge in [-0.2, -0.15) is 0 Å². The van der Waals surface area contributed by atoms with Crippen LogP contribution in [0.4, 0.5) is 22.7 Å². The van der Waals surface area contributed by atoms with Gasteiger partial charge in [-0.1, -0.05) is 0 Å². The number of anilines is 2. The predicted octanol–water partition coefficient (Wildman–Crippen LogP) is 3.46. The zero-order chi connectivity index (χ0) is 18.6. The van der Waals surface area contributed by atoms with Gasteiger partial charge in [-0.15, -0.1) is 0 Å². The minimum Gasteiger partial charge on any atom is -0.365 e. The maximum absolute atomic E-state index is 11.3. The van der Waals surface area contributed by atoms with Gasteiger partial charge in [-0.25, -0.2) is 0 Å². The highest BCUT2D eigenvalue weighted by Gasteiger charge is 2.30. The second-order valence-corrected chi connectivity index (χ2v) is 6.89. The summed E-state index contributed by atoms with van der Waals surface area (Å²) >= 11 is 0. The fraction of sp³-hybridized carbons (Fsp3) is 0.333. The van der Waals surface area contributed by atoms with E-state index in [1.54, 1.807) is 26.0 Å². The highest BCUT2D eigenvalue weighted by Crippen LogP contribution is 2.40. The lowest BCUT2D eigenvalue weighted by Crippen LogP contribution is -2.26. The van der Waals surface area contributed by atoms with Crippen molar-refractivity contribution in [2.24, 2.45) is 0 Å². The van der Waals surface area contributed by atoms with Crippen molar-refractivity contribution in [2.45, 2.75) is 26.9 Å². The molecule has 2 bridgehead atoms. The highest BCUT2D eigenvalue weighted by molar-refractivity contribution is 5.70. The molecule has 0 atom stereocenters. The number of hydrogen-bond acceptors (Lipinski definition) is 6. The zero-order valence-electron chi connectivity index (χ0n) is 14.6. The van der Waals surface area contributed by atoms with Gasteiger partial charge in [-0.3, -0.25) is 20.2 Å². The SMILES string of the molecule is Cc1cc2c(cc1[N+](=O)[O-])N1CCN(C2)c2cc([N+](=O)[O-])c(C)cc2C1. The van der Waals surface area contributed by atoms with Gasteiger partial charge >= 0.3 is 0 Å². The van der Waals surface area contributed by atoms with E-state index in [-0.39, 0.29) is 21.2 Å². The van der Waals surface area contributed by atoms with Gasteiger partial charge < -0.3 is 9.80 Å². The third-order valence-electron chi connectivity index (χ3n) is 5.23. The van der Waals surface area contributed by atoms with Crippen LogP contribution < -0.4 is 9.80 Å². The molecule has 8 nitrogen and oxygen atoms in total. The number of fused-ring (bicyclic) bond motifs is 7. The molecule has 0 saturated carbocycles. The molecule has 8 heteroatoms. The number of aryl methyl sites for hydroxylation is 2. The van der Waals surface area contributed by atoms with Gasteiger partial charge in [0.05, 0.1) is 9.85 Å². The lowest BCUT2D eigenvalue weighted by atomic mass is 10.0. The second kappa shape index (κ2) is 5.69. The number of nitro benzene ring substituents is 2. The molecule has 2 aliphatic heterocycles. The summed E-state index contributed by atoms with van der Waals surface area (Å²) in [5.74, 6) is 0. The minimum atomic E-state index is -0.344. The van der Waals surface area contributed by atoms with Crippen LogP contribution in [0.1, 0.15) is 22.3 Å². The molecular weight excluding hydrogens is 336 g/mol. The molecule has 2 aliphatic rings. The first kappa shape index (κ1) is 16.3. The van der Waals surface area contributed by atoms with Gasteiger partial charge in [0.25, 0.3) is 11.4 Å².